The molecule has 0 radical (unpaired) electrons. The fraction of sp³-hybridized carbons (Fsp3) is 0.286. The first-order chi connectivity index (χ1) is 7.63. The van der Waals surface area contributed by atoms with Crippen molar-refractivity contribution < 1.29 is 19.7 Å². The van der Waals surface area contributed by atoms with E-state index in [0.717, 1.165) is 12.2 Å². The zero-order valence-electron chi connectivity index (χ0n) is 8.01. The highest BCUT2D eigenvalue weighted by atomic mass is 32.2. The molecular formula is C7H6N2O6S2. The van der Waals surface area contributed by atoms with E-state index in [9.17, 15) is 25.0 Å². The van der Waals surface area contributed by atoms with Gasteiger partial charge in [-0.1, -0.05) is 0 Å². The van der Waals surface area contributed by atoms with Crippen molar-refractivity contribution in [1.82, 2.24) is 0 Å². The van der Waals surface area contributed by atoms with Gasteiger partial charge < -0.3 is 5.11 Å². The number of nitro groups is 2. The maximum absolute atomic E-state index is 10.9. The molecule has 0 aromatic carbocycles. The van der Waals surface area contributed by atoms with Crippen molar-refractivity contribution in [2.75, 3.05) is 0 Å². The molecule has 0 amide bonds. The zero-order valence-corrected chi connectivity index (χ0v) is 9.80. The van der Waals surface area contributed by atoms with Crippen molar-refractivity contribution in [3.8, 4) is 0 Å². The summed E-state index contributed by atoms with van der Waals surface area (Å²) in [7, 11) is 0. The van der Waals surface area contributed by atoms with Crippen molar-refractivity contribution in [2.24, 2.45) is 0 Å². The summed E-state index contributed by atoms with van der Waals surface area (Å²) in [5, 5.41) is 30.4. The molecule has 0 aromatic rings. The Bertz CT molecular complexity index is 455. The van der Waals surface area contributed by atoms with E-state index >= 15 is 0 Å². The topological polar surface area (TPSA) is 124 Å². The maximum atomic E-state index is 10.9. The van der Waals surface area contributed by atoms with E-state index in [-0.39, 0.29) is 0 Å². The first kappa shape index (κ1) is 13.5. The van der Waals surface area contributed by atoms with Gasteiger partial charge in [-0.15, -0.1) is 0 Å². The Kier molecular flexibility index (Phi) is 3.21. The Hall–Kier alpha value is -1.55. The van der Waals surface area contributed by atoms with Gasteiger partial charge in [-0.25, -0.2) is 4.79 Å². The van der Waals surface area contributed by atoms with Crippen LogP contribution in [0.2, 0.25) is 0 Å². The molecule has 0 saturated heterocycles. The van der Waals surface area contributed by atoms with Crippen LogP contribution in [0.25, 0.3) is 0 Å². The third-order valence-electron chi connectivity index (χ3n) is 2.10. The SMILES string of the molecule is O=C(O)C1=CC(S)(S)C=CC1([N+](=O)[O-])[N+](=O)[O-]. The second kappa shape index (κ2) is 4.04. The molecule has 92 valence electrons. The fourth-order valence-corrected chi connectivity index (χ4v) is 1.71. The van der Waals surface area contributed by atoms with Crippen LogP contribution in [0.1, 0.15) is 0 Å². The molecule has 0 saturated carbocycles. The van der Waals surface area contributed by atoms with Crippen molar-refractivity contribution in [3.05, 3.63) is 44.0 Å². The molecule has 0 heterocycles. The summed E-state index contributed by atoms with van der Waals surface area (Å²) in [5.74, 6) is -1.77. The van der Waals surface area contributed by atoms with Crippen LogP contribution in [0.15, 0.2) is 23.8 Å². The quantitative estimate of drug-likeness (QED) is 0.225. The Morgan fingerprint density at radius 3 is 2.06 bits per heavy atom. The molecule has 0 atom stereocenters. The molecular weight excluding hydrogens is 272 g/mol. The standard InChI is InChI=1S/C7H6N2O6S2/c10-5(11)4-3-6(16,17)1-2-7(4,8(12)13)9(14)15/h1-3,16-17H,(H,10,11). The van der Waals surface area contributed by atoms with Crippen molar-refractivity contribution >= 4 is 31.2 Å². The van der Waals surface area contributed by atoms with E-state index in [4.69, 9.17) is 5.11 Å². The van der Waals surface area contributed by atoms with E-state index in [1.54, 1.807) is 0 Å². The molecule has 1 N–H and O–H groups in total. The second-order valence-electron chi connectivity index (χ2n) is 3.22. The van der Waals surface area contributed by atoms with E-state index in [1.807, 2.05) is 0 Å². The molecule has 17 heavy (non-hydrogen) atoms. The number of carboxylic acids is 1. The lowest BCUT2D eigenvalue weighted by Gasteiger charge is -2.23. The molecule has 0 spiro atoms. The molecule has 8 nitrogen and oxygen atoms in total. The number of hydrogen-bond donors (Lipinski definition) is 3. The third-order valence-corrected chi connectivity index (χ3v) is 2.66. The van der Waals surface area contributed by atoms with Crippen LogP contribution in [0.3, 0.4) is 0 Å². The van der Waals surface area contributed by atoms with Crippen molar-refractivity contribution in [1.29, 1.82) is 0 Å². The summed E-state index contributed by atoms with van der Waals surface area (Å²) in [6.45, 7) is 0. The third kappa shape index (κ3) is 2.13. The lowest BCUT2D eigenvalue weighted by atomic mass is 9.94. The van der Waals surface area contributed by atoms with Gasteiger partial charge in [-0.2, -0.15) is 25.3 Å². The minimum absolute atomic E-state index is 0.566. The van der Waals surface area contributed by atoms with Crippen molar-refractivity contribution in [3.63, 3.8) is 0 Å². The molecule has 0 fully saturated rings. The van der Waals surface area contributed by atoms with Crippen LogP contribution in [0, 0.1) is 20.2 Å². The number of hydrogen-bond acceptors (Lipinski definition) is 7. The van der Waals surface area contributed by atoms with Crippen LogP contribution in [-0.2, 0) is 4.79 Å². The Balaban J connectivity index is 3.52. The van der Waals surface area contributed by atoms with Gasteiger partial charge in [-0.05, 0) is 12.2 Å². The monoisotopic (exact) mass is 278 g/mol. The highest BCUT2D eigenvalue weighted by Crippen LogP contribution is 2.36. The summed E-state index contributed by atoms with van der Waals surface area (Å²) >= 11 is 7.76. The van der Waals surface area contributed by atoms with Crippen LogP contribution in [0.4, 0.5) is 0 Å². The van der Waals surface area contributed by atoms with E-state index < -0.39 is 31.1 Å². The normalized spacial score (nSPS) is 20.5. The van der Waals surface area contributed by atoms with Gasteiger partial charge in [0, 0.05) is 0 Å². The smallest absolute Gasteiger partial charge is 0.477 e. The minimum Gasteiger partial charge on any atom is -0.477 e. The second-order valence-corrected chi connectivity index (χ2v) is 5.05. The Labute approximate surface area is 105 Å². The first-order valence-electron chi connectivity index (χ1n) is 4.04. The highest BCUT2D eigenvalue weighted by Gasteiger charge is 2.62. The lowest BCUT2D eigenvalue weighted by Crippen LogP contribution is -2.50. The molecule has 0 aromatic heterocycles. The lowest BCUT2D eigenvalue weighted by molar-refractivity contribution is -0.767. The summed E-state index contributed by atoms with van der Waals surface area (Å²) in [4.78, 5) is 29.9. The zero-order chi connectivity index (χ0) is 13.4. The number of aliphatic carboxylic acids is 1. The maximum Gasteiger partial charge on any atom is 0.510 e. The number of carboxylic acid groups (broad SMARTS) is 1. The summed E-state index contributed by atoms with van der Waals surface area (Å²) in [6, 6.07) is 0. The van der Waals surface area contributed by atoms with Crippen LogP contribution in [-0.4, -0.2) is 30.7 Å². The molecule has 0 unspecified atom stereocenters. The van der Waals surface area contributed by atoms with Gasteiger partial charge in [0.1, 0.15) is 9.85 Å². The average molecular weight is 278 g/mol. The van der Waals surface area contributed by atoms with E-state index in [0.29, 0.717) is 6.08 Å². The minimum atomic E-state index is -3.00. The number of nitrogens with zero attached hydrogens (tertiary/aromatic N) is 2. The molecule has 0 bridgehead atoms. The van der Waals surface area contributed by atoms with Gasteiger partial charge in [0.2, 0.25) is 0 Å². The highest BCUT2D eigenvalue weighted by molar-refractivity contribution is 8.01. The van der Waals surface area contributed by atoms with E-state index in [1.165, 1.54) is 0 Å². The van der Waals surface area contributed by atoms with Gasteiger partial charge in [0.05, 0.1) is 10.2 Å². The molecule has 1 aliphatic rings. The van der Waals surface area contributed by atoms with Crippen LogP contribution >= 0.6 is 25.3 Å². The molecule has 10 heteroatoms. The Morgan fingerprint density at radius 1 is 1.24 bits per heavy atom. The van der Waals surface area contributed by atoms with Gasteiger partial charge in [-0.3, -0.25) is 20.2 Å². The first-order valence-corrected chi connectivity index (χ1v) is 4.93. The number of rotatable bonds is 3. The Morgan fingerprint density at radius 2 is 1.71 bits per heavy atom. The predicted molar refractivity (Wildman–Crippen MR) is 62.3 cm³/mol. The molecule has 0 aliphatic heterocycles. The van der Waals surface area contributed by atoms with Crippen LogP contribution in [0.5, 0.6) is 0 Å². The van der Waals surface area contributed by atoms with Crippen LogP contribution < -0.4 is 0 Å². The number of thiol groups is 2. The van der Waals surface area contributed by atoms with Gasteiger partial charge in [0.15, 0.2) is 5.57 Å². The number of carbonyl (C=O) groups is 1. The largest absolute Gasteiger partial charge is 0.510 e. The summed E-state index contributed by atoms with van der Waals surface area (Å²) in [6.07, 6.45) is 2.31. The molecule has 1 rings (SSSR count). The average Bonchev–Trinajstić information content (AvgIpc) is 2.15. The van der Waals surface area contributed by atoms with Gasteiger partial charge in [0.25, 0.3) is 0 Å². The fourth-order valence-electron chi connectivity index (χ4n) is 1.30. The summed E-state index contributed by atoms with van der Waals surface area (Å²) < 4.78 is -1.39. The predicted octanol–water partition coefficient (Wildman–Crippen LogP) is 0.373. The molecule has 1 aliphatic carbocycles. The van der Waals surface area contributed by atoms with E-state index in [2.05, 4.69) is 25.3 Å². The van der Waals surface area contributed by atoms with Crippen molar-refractivity contribution in [2.45, 2.75) is 9.74 Å². The van der Waals surface area contributed by atoms with Gasteiger partial charge >= 0.3 is 11.6 Å². The summed E-state index contributed by atoms with van der Waals surface area (Å²) in [5.41, 5.74) is -4.00.